The van der Waals surface area contributed by atoms with Crippen LogP contribution in [0.15, 0.2) is 72.8 Å². The molecule has 0 saturated heterocycles. The minimum Gasteiger partial charge on any atom is -0.493 e. The maximum absolute atomic E-state index is 5.92. The van der Waals surface area contributed by atoms with E-state index in [1.54, 1.807) is 7.11 Å². The zero-order chi connectivity index (χ0) is 19.1. The number of rotatable bonds is 8. The summed E-state index contributed by atoms with van der Waals surface area (Å²) in [6.07, 6.45) is 0. The molecule has 1 N–H and O–H groups in total. The summed E-state index contributed by atoms with van der Waals surface area (Å²) in [6, 6.07) is 24.4. The van der Waals surface area contributed by atoms with Gasteiger partial charge in [0.25, 0.3) is 0 Å². The fraction of sp³-hybridized carbons (Fsp3) is 0.217. The van der Waals surface area contributed by atoms with Gasteiger partial charge >= 0.3 is 0 Å². The summed E-state index contributed by atoms with van der Waals surface area (Å²) in [4.78, 5) is 0. The van der Waals surface area contributed by atoms with Gasteiger partial charge in [0.15, 0.2) is 11.5 Å². The molecule has 0 amide bonds. The third-order valence-electron chi connectivity index (χ3n) is 4.45. The van der Waals surface area contributed by atoms with Crippen molar-refractivity contribution < 1.29 is 9.47 Å². The second-order valence-electron chi connectivity index (χ2n) is 6.41. The minimum absolute atomic E-state index is 0.276. The van der Waals surface area contributed by atoms with Crippen molar-refractivity contribution in [3.63, 3.8) is 0 Å². The van der Waals surface area contributed by atoms with E-state index >= 15 is 0 Å². The van der Waals surface area contributed by atoms with Crippen LogP contribution in [0.5, 0.6) is 11.5 Å². The first-order chi connectivity index (χ1) is 13.2. The highest BCUT2D eigenvalue weighted by atomic mass is 35.5. The molecule has 3 rings (SSSR count). The molecule has 0 aliphatic rings. The molecule has 0 bridgehead atoms. The molecule has 0 aliphatic carbocycles. The smallest absolute Gasteiger partial charge is 0.161 e. The van der Waals surface area contributed by atoms with Gasteiger partial charge in [-0.3, -0.25) is 0 Å². The Bertz CT molecular complexity index is 850. The van der Waals surface area contributed by atoms with Gasteiger partial charge in [0.1, 0.15) is 6.61 Å². The van der Waals surface area contributed by atoms with Crippen LogP contribution < -0.4 is 14.8 Å². The maximum Gasteiger partial charge on any atom is 0.161 e. The molecule has 0 fully saturated rings. The van der Waals surface area contributed by atoms with Crippen molar-refractivity contribution in [1.82, 2.24) is 5.32 Å². The lowest BCUT2D eigenvalue weighted by Crippen LogP contribution is -2.18. The lowest BCUT2D eigenvalue weighted by Gasteiger charge is -2.16. The number of methoxy groups -OCH3 is 1. The molecule has 0 radical (unpaired) electrons. The molecule has 0 spiro atoms. The monoisotopic (exact) mass is 381 g/mol. The van der Waals surface area contributed by atoms with Gasteiger partial charge in [-0.2, -0.15) is 0 Å². The second kappa shape index (κ2) is 9.45. The normalized spacial score (nSPS) is 11.8. The topological polar surface area (TPSA) is 30.5 Å². The lowest BCUT2D eigenvalue weighted by molar-refractivity contribution is 0.284. The molecule has 1 atom stereocenters. The standard InChI is InChI=1S/C23H24ClNO2/c1-17(20-6-4-3-5-7-20)25-15-19-10-13-22(23(14-19)26-2)27-16-18-8-11-21(24)12-9-18/h3-14,17,25H,15-16H2,1-2H3/t17-/m0/s1. The summed E-state index contributed by atoms with van der Waals surface area (Å²) in [5, 5.41) is 4.26. The molecular formula is C23H24ClNO2. The average Bonchev–Trinajstić information content (AvgIpc) is 2.72. The molecule has 3 aromatic rings. The first-order valence-corrected chi connectivity index (χ1v) is 9.36. The van der Waals surface area contributed by atoms with Crippen LogP contribution in [0.4, 0.5) is 0 Å². The molecule has 0 aliphatic heterocycles. The molecule has 0 heterocycles. The Morgan fingerprint density at radius 2 is 1.59 bits per heavy atom. The maximum atomic E-state index is 5.92. The van der Waals surface area contributed by atoms with Gasteiger partial charge in [-0.25, -0.2) is 0 Å². The van der Waals surface area contributed by atoms with E-state index < -0.39 is 0 Å². The van der Waals surface area contributed by atoms with Crippen LogP contribution >= 0.6 is 11.6 Å². The highest BCUT2D eigenvalue weighted by molar-refractivity contribution is 6.30. The first kappa shape index (κ1) is 19.3. The van der Waals surface area contributed by atoms with Crippen molar-refractivity contribution in [2.24, 2.45) is 0 Å². The zero-order valence-corrected chi connectivity index (χ0v) is 16.4. The Morgan fingerprint density at radius 3 is 2.30 bits per heavy atom. The number of hydrogen-bond donors (Lipinski definition) is 1. The van der Waals surface area contributed by atoms with Crippen molar-refractivity contribution >= 4 is 11.6 Å². The summed E-state index contributed by atoms with van der Waals surface area (Å²) in [7, 11) is 1.66. The van der Waals surface area contributed by atoms with Crippen molar-refractivity contribution in [3.8, 4) is 11.5 Å². The van der Waals surface area contributed by atoms with E-state index in [4.69, 9.17) is 21.1 Å². The number of nitrogens with one attached hydrogen (secondary N) is 1. The van der Waals surface area contributed by atoms with E-state index in [2.05, 4.69) is 42.6 Å². The highest BCUT2D eigenvalue weighted by Crippen LogP contribution is 2.29. The fourth-order valence-corrected chi connectivity index (χ4v) is 2.94. The SMILES string of the molecule is COc1cc(CN[C@@H](C)c2ccccc2)ccc1OCc1ccc(Cl)cc1. The Labute approximate surface area is 165 Å². The molecule has 4 heteroatoms. The van der Waals surface area contributed by atoms with Crippen LogP contribution in [0.3, 0.4) is 0 Å². The predicted molar refractivity (Wildman–Crippen MR) is 110 cm³/mol. The van der Waals surface area contributed by atoms with E-state index in [0.717, 1.165) is 34.2 Å². The quantitative estimate of drug-likeness (QED) is 0.536. The lowest BCUT2D eigenvalue weighted by atomic mass is 10.1. The first-order valence-electron chi connectivity index (χ1n) is 8.98. The van der Waals surface area contributed by atoms with Crippen molar-refractivity contribution in [2.75, 3.05) is 7.11 Å². The van der Waals surface area contributed by atoms with E-state index in [1.165, 1.54) is 5.56 Å². The zero-order valence-electron chi connectivity index (χ0n) is 15.6. The van der Waals surface area contributed by atoms with Gasteiger partial charge in [0.05, 0.1) is 7.11 Å². The van der Waals surface area contributed by atoms with Crippen LogP contribution in [-0.4, -0.2) is 7.11 Å². The van der Waals surface area contributed by atoms with Crippen LogP contribution in [0.1, 0.15) is 29.7 Å². The number of halogens is 1. The van der Waals surface area contributed by atoms with Crippen LogP contribution in [-0.2, 0) is 13.2 Å². The van der Waals surface area contributed by atoms with Gasteiger partial charge in [-0.15, -0.1) is 0 Å². The summed E-state index contributed by atoms with van der Waals surface area (Å²) < 4.78 is 11.4. The molecule has 0 unspecified atom stereocenters. The number of ether oxygens (including phenoxy) is 2. The van der Waals surface area contributed by atoms with E-state index in [9.17, 15) is 0 Å². The van der Waals surface area contributed by atoms with E-state index in [0.29, 0.717) is 6.61 Å². The molecular weight excluding hydrogens is 358 g/mol. The summed E-state index contributed by atoms with van der Waals surface area (Å²) in [5.41, 5.74) is 3.48. The molecule has 0 aromatic heterocycles. The van der Waals surface area contributed by atoms with E-state index in [1.807, 2.05) is 42.5 Å². The van der Waals surface area contributed by atoms with Gasteiger partial charge in [-0.05, 0) is 47.9 Å². The van der Waals surface area contributed by atoms with Crippen molar-refractivity contribution in [1.29, 1.82) is 0 Å². The summed E-state index contributed by atoms with van der Waals surface area (Å²) >= 11 is 5.92. The summed E-state index contributed by atoms with van der Waals surface area (Å²) in [5.74, 6) is 1.46. The Morgan fingerprint density at radius 1 is 0.889 bits per heavy atom. The minimum atomic E-state index is 0.276. The summed E-state index contributed by atoms with van der Waals surface area (Å²) in [6.45, 7) is 3.39. The predicted octanol–water partition coefficient (Wildman–Crippen LogP) is 5.78. The van der Waals surface area contributed by atoms with E-state index in [-0.39, 0.29) is 6.04 Å². The van der Waals surface area contributed by atoms with Gasteiger partial charge in [0.2, 0.25) is 0 Å². The molecule has 140 valence electrons. The van der Waals surface area contributed by atoms with Gasteiger partial charge < -0.3 is 14.8 Å². The Hall–Kier alpha value is -2.49. The number of hydrogen-bond acceptors (Lipinski definition) is 3. The number of benzene rings is 3. The second-order valence-corrected chi connectivity index (χ2v) is 6.85. The van der Waals surface area contributed by atoms with Gasteiger partial charge in [0, 0.05) is 17.6 Å². The van der Waals surface area contributed by atoms with Crippen LogP contribution in [0.2, 0.25) is 5.02 Å². The van der Waals surface area contributed by atoms with Crippen molar-refractivity contribution in [3.05, 3.63) is 94.5 Å². The van der Waals surface area contributed by atoms with Crippen LogP contribution in [0.25, 0.3) is 0 Å². The Kier molecular flexibility index (Phi) is 6.74. The third-order valence-corrected chi connectivity index (χ3v) is 4.70. The molecule has 0 saturated carbocycles. The van der Waals surface area contributed by atoms with Gasteiger partial charge in [-0.1, -0.05) is 60.1 Å². The van der Waals surface area contributed by atoms with Crippen LogP contribution in [0, 0.1) is 0 Å². The Balaban J connectivity index is 1.60. The molecule has 27 heavy (non-hydrogen) atoms. The fourth-order valence-electron chi connectivity index (χ4n) is 2.81. The highest BCUT2D eigenvalue weighted by Gasteiger charge is 2.08. The third kappa shape index (κ3) is 5.49. The molecule has 3 aromatic carbocycles. The largest absolute Gasteiger partial charge is 0.493 e. The average molecular weight is 382 g/mol. The van der Waals surface area contributed by atoms with Crippen molar-refractivity contribution in [2.45, 2.75) is 26.1 Å². The molecule has 3 nitrogen and oxygen atoms in total.